The second kappa shape index (κ2) is 13.5. The Balaban J connectivity index is 1.62. The minimum atomic E-state index is -0.389. The fourth-order valence-corrected chi connectivity index (χ4v) is 5.11. The molecular formula is C28H38ClN3O2. The summed E-state index contributed by atoms with van der Waals surface area (Å²) in [6, 6.07) is 17.4. The lowest BCUT2D eigenvalue weighted by atomic mass is 9.86. The Hall–Kier alpha value is -2.37. The number of aryl methyl sites for hydroxylation is 1. The molecule has 1 saturated heterocycles. The molecular weight excluding hydrogens is 446 g/mol. The molecule has 5 nitrogen and oxygen atoms in total. The smallest absolute Gasteiger partial charge is 0.252 e. The first-order chi connectivity index (χ1) is 16.5. The Bertz CT molecular complexity index is 904. The molecule has 2 aromatic rings. The van der Waals surface area contributed by atoms with Gasteiger partial charge in [0.2, 0.25) is 5.91 Å². The van der Waals surface area contributed by atoms with Crippen LogP contribution in [0.1, 0.15) is 68.3 Å². The number of carbonyl (C=O) groups excluding carboxylic acids is 2. The van der Waals surface area contributed by atoms with Gasteiger partial charge in [-0.25, -0.2) is 0 Å². The molecule has 2 amide bonds. The molecule has 2 N–H and O–H groups in total. The highest BCUT2D eigenvalue weighted by Gasteiger charge is 2.34. The number of rotatable bonds is 11. The van der Waals surface area contributed by atoms with Gasteiger partial charge >= 0.3 is 0 Å². The quantitative estimate of drug-likeness (QED) is 0.330. The highest BCUT2D eigenvalue weighted by atomic mass is 35.5. The zero-order valence-electron chi connectivity index (χ0n) is 20.4. The molecule has 1 fully saturated rings. The number of piperidine rings is 1. The molecule has 0 spiro atoms. The molecule has 1 aliphatic heterocycles. The summed E-state index contributed by atoms with van der Waals surface area (Å²) in [6.45, 7) is 6.33. The van der Waals surface area contributed by atoms with E-state index < -0.39 is 0 Å². The third kappa shape index (κ3) is 7.57. The largest absolute Gasteiger partial charge is 0.336 e. The van der Waals surface area contributed by atoms with Gasteiger partial charge in [-0.15, -0.1) is 0 Å². The van der Waals surface area contributed by atoms with Crippen LogP contribution in [0.3, 0.4) is 0 Å². The molecule has 2 aromatic carbocycles. The third-order valence-electron chi connectivity index (χ3n) is 6.83. The Morgan fingerprint density at radius 3 is 2.44 bits per heavy atom. The van der Waals surface area contributed by atoms with Crippen molar-refractivity contribution >= 4 is 23.4 Å². The Morgan fingerprint density at radius 1 is 1.03 bits per heavy atom. The van der Waals surface area contributed by atoms with Crippen LogP contribution in [0.5, 0.6) is 0 Å². The van der Waals surface area contributed by atoms with E-state index in [0.29, 0.717) is 12.0 Å². The summed E-state index contributed by atoms with van der Waals surface area (Å²) < 4.78 is 0. The maximum Gasteiger partial charge on any atom is 0.252 e. The van der Waals surface area contributed by atoms with Crippen LogP contribution in [-0.2, 0) is 11.2 Å². The van der Waals surface area contributed by atoms with E-state index in [0.717, 1.165) is 56.6 Å². The number of halogens is 1. The Labute approximate surface area is 209 Å². The van der Waals surface area contributed by atoms with Gasteiger partial charge < -0.3 is 10.6 Å². The van der Waals surface area contributed by atoms with Crippen molar-refractivity contribution in [3.8, 4) is 0 Å². The molecule has 0 aromatic heterocycles. The molecule has 3 atom stereocenters. The highest BCUT2D eigenvalue weighted by molar-refractivity contribution is 6.30. The van der Waals surface area contributed by atoms with Crippen molar-refractivity contribution < 1.29 is 9.59 Å². The summed E-state index contributed by atoms with van der Waals surface area (Å²) >= 11 is 5.98. The first-order valence-corrected chi connectivity index (χ1v) is 13.0. The molecule has 34 heavy (non-hydrogen) atoms. The van der Waals surface area contributed by atoms with E-state index in [9.17, 15) is 9.59 Å². The number of hydrogen-bond donors (Lipinski definition) is 2. The number of hydrogen-bond acceptors (Lipinski definition) is 3. The summed E-state index contributed by atoms with van der Waals surface area (Å²) in [7, 11) is 0. The minimum Gasteiger partial charge on any atom is -0.336 e. The van der Waals surface area contributed by atoms with Gasteiger partial charge in [-0.3, -0.25) is 14.5 Å². The summed E-state index contributed by atoms with van der Waals surface area (Å²) in [4.78, 5) is 28.6. The molecule has 3 unspecified atom stereocenters. The molecule has 0 radical (unpaired) electrons. The second-order valence-corrected chi connectivity index (χ2v) is 9.56. The van der Waals surface area contributed by atoms with E-state index in [1.54, 1.807) is 12.1 Å². The zero-order valence-corrected chi connectivity index (χ0v) is 21.2. The predicted molar refractivity (Wildman–Crippen MR) is 139 cm³/mol. The normalized spacial score (nSPS) is 19.4. The number of carbonyl (C=O) groups is 2. The third-order valence-corrected chi connectivity index (χ3v) is 7.09. The van der Waals surface area contributed by atoms with Crippen LogP contribution in [-0.4, -0.2) is 42.0 Å². The van der Waals surface area contributed by atoms with E-state index in [-0.39, 0.29) is 29.9 Å². The summed E-state index contributed by atoms with van der Waals surface area (Å²) in [5.74, 6) is -0.139. The van der Waals surface area contributed by atoms with Crippen molar-refractivity contribution in [2.45, 2.75) is 71.0 Å². The number of amides is 2. The summed E-state index contributed by atoms with van der Waals surface area (Å²) in [6.07, 6.45) is 6.00. The first-order valence-electron chi connectivity index (χ1n) is 12.7. The van der Waals surface area contributed by atoms with Crippen LogP contribution in [0.25, 0.3) is 0 Å². The van der Waals surface area contributed by atoms with Gasteiger partial charge in [-0.05, 0) is 87.9 Å². The lowest BCUT2D eigenvalue weighted by Gasteiger charge is -2.40. The van der Waals surface area contributed by atoms with E-state index in [1.165, 1.54) is 5.56 Å². The molecule has 1 aliphatic rings. The van der Waals surface area contributed by atoms with E-state index in [4.69, 9.17) is 11.6 Å². The summed E-state index contributed by atoms with van der Waals surface area (Å²) in [5, 5.41) is 6.99. The monoisotopic (exact) mass is 483 g/mol. The average molecular weight is 484 g/mol. The Kier molecular flexibility index (Phi) is 10.4. The SMILES string of the molecule is CCC1C(C(=O)NC(CCCCc2ccc(Cl)cc2)NC(=O)c2ccccc2)CCCN1CC. The van der Waals surface area contributed by atoms with Crippen LogP contribution in [0, 0.1) is 5.92 Å². The van der Waals surface area contributed by atoms with E-state index in [1.807, 2.05) is 42.5 Å². The molecule has 184 valence electrons. The van der Waals surface area contributed by atoms with Crippen molar-refractivity contribution in [3.05, 3.63) is 70.7 Å². The topological polar surface area (TPSA) is 61.4 Å². The zero-order chi connectivity index (χ0) is 24.3. The van der Waals surface area contributed by atoms with Gasteiger partial charge in [0.15, 0.2) is 0 Å². The van der Waals surface area contributed by atoms with Crippen LogP contribution < -0.4 is 10.6 Å². The number of unbranched alkanes of at least 4 members (excludes halogenated alkanes) is 1. The number of likely N-dealkylation sites (tertiary alicyclic amines) is 1. The van der Waals surface area contributed by atoms with Gasteiger partial charge in [0, 0.05) is 16.6 Å². The van der Waals surface area contributed by atoms with Crippen molar-refractivity contribution in [1.82, 2.24) is 15.5 Å². The van der Waals surface area contributed by atoms with Crippen molar-refractivity contribution in [2.75, 3.05) is 13.1 Å². The van der Waals surface area contributed by atoms with Crippen LogP contribution >= 0.6 is 11.6 Å². The van der Waals surface area contributed by atoms with Crippen molar-refractivity contribution in [2.24, 2.45) is 5.92 Å². The molecule has 3 rings (SSSR count). The first kappa shape index (κ1) is 26.2. The number of nitrogens with zero attached hydrogens (tertiary/aromatic N) is 1. The number of benzene rings is 2. The van der Waals surface area contributed by atoms with Crippen LogP contribution in [0.2, 0.25) is 5.02 Å². The van der Waals surface area contributed by atoms with E-state index in [2.05, 4.69) is 29.4 Å². The fraction of sp³-hybridized carbons (Fsp3) is 0.500. The molecule has 6 heteroatoms. The van der Waals surface area contributed by atoms with Gasteiger partial charge in [-0.2, -0.15) is 0 Å². The lowest BCUT2D eigenvalue weighted by molar-refractivity contribution is -0.129. The molecule has 1 heterocycles. The van der Waals surface area contributed by atoms with Gasteiger partial charge in [0.1, 0.15) is 6.17 Å². The van der Waals surface area contributed by atoms with E-state index >= 15 is 0 Å². The van der Waals surface area contributed by atoms with Crippen LogP contribution in [0.15, 0.2) is 54.6 Å². The summed E-state index contributed by atoms with van der Waals surface area (Å²) in [5.41, 5.74) is 1.84. The lowest BCUT2D eigenvalue weighted by Crippen LogP contribution is -2.55. The maximum absolute atomic E-state index is 13.3. The predicted octanol–water partition coefficient (Wildman–Crippen LogP) is 5.44. The highest BCUT2D eigenvalue weighted by Crippen LogP contribution is 2.26. The molecule has 0 bridgehead atoms. The second-order valence-electron chi connectivity index (χ2n) is 9.13. The van der Waals surface area contributed by atoms with Gasteiger partial charge in [-0.1, -0.05) is 55.8 Å². The van der Waals surface area contributed by atoms with Crippen LogP contribution in [0.4, 0.5) is 0 Å². The molecule has 0 aliphatic carbocycles. The number of nitrogens with one attached hydrogen (secondary N) is 2. The van der Waals surface area contributed by atoms with Crippen molar-refractivity contribution in [3.63, 3.8) is 0 Å². The van der Waals surface area contributed by atoms with Gasteiger partial charge in [0.25, 0.3) is 5.91 Å². The molecule has 0 saturated carbocycles. The Morgan fingerprint density at radius 2 is 1.76 bits per heavy atom. The minimum absolute atomic E-state index is 0.0381. The van der Waals surface area contributed by atoms with Crippen molar-refractivity contribution in [1.29, 1.82) is 0 Å². The average Bonchev–Trinajstić information content (AvgIpc) is 2.87. The maximum atomic E-state index is 13.3. The standard InChI is InChI=1S/C28H38ClN3O2/c1-3-25-24(14-10-20-32(25)4-2)28(34)31-26(30-27(33)22-12-6-5-7-13-22)15-9-8-11-21-16-18-23(29)19-17-21/h5-7,12-13,16-19,24-26H,3-4,8-11,14-15,20H2,1-2H3,(H,30,33)(H,31,34). The fourth-order valence-electron chi connectivity index (χ4n) is 4.99. The van der Waals surface area contributed by atoms with Gasteiger partial charge in [0.05, 0.1) is 5.92 Å².